The third-order valence-corrected chi connectivity index (χ3v) is 2.26. The molecule has 0 aromatic carbocycles. The first-order valence-corrected chi connectivity index (χ1v) is 5.37. The van der Waals surface area contributed by atoms with Crippen LogP contribution >= 0.6 is 0 Å². The molecule has 0 bridgehead atoms. The highest BCUT2D eigenvalue weighted by Crippen LogP contribution is 2.03. The lowest BCUT2D eigenvalue weighted by Gasteiger charge is -2.04. The van der Waals surface area contributed by atoms with Crippen molar-refractivity contribution in [3.63, 3.8) is 0 Å². The number of aryl methyl sites for hydroxylation is 2. The maximum absolute atomic E-state index is 11.0. The van der Waals surface area contributed by atoms with Gasteiger partial charge in [0, 0.05) is 25.4 Å². The van der Waals surface area contributed by atoms with Crippen LogP contribution in [0.2, 0.25) is 0 Å². The number of ether oxygens (including phenoxy) is 1. The molecule has 0 saturated carbocycles. The van der Waals surface area contributed by atoms with Crippen LogP contribution in [0.5, 0.6) is 0 Å². The Morgan fingerprint density at radius 1 is 1.53 bits per heavy atom. The second kappa shape index (κ2) is 6.22. The molecule has 0 aliphatic heterocycles. The molecule has 0 fully saturated rings. The van der Waals surface area contributed by atoms with Gasteiger partial charge in [0.15, 0.2) is 0 Å². The van der Waals surface area contributed by atoms with Crippen LogP contribution in [-0.4, -0.2) is 22.1 Å². The van der Waals surface area contributed by atoms with Crippen molar-refractivity contribution < 1.29 is 9.53 Å². The minimum absolute atomic E-state index is 0.0974. The molecule has 0 atom stereocenters. The summed E-state index contributed by atoms with van der Waals surface area (Å²) in [6.07, 6.45) is 6.12. The SMILES string of the molecule is CCOC(=O)CCCCn1ccnc1C. The summed E-state index contributed by atoms with van der Waals surface area (Å²) in [4.78, 5) is 15.2. The smallest absolute Gasteiger partial charge is 0.305 e. The minimum Gasteiger partial charge on any atom is -0.466 e. The van der Waals surface area contributed by atoms with Gasteiger partial charge in [-0.05, 0) is 26.7 Å². The van der Waals surface area contributed by atoms with Crippen molar-refractivity contribution in [3.8, 4) is 0 Å². The Morgan fingerprint density at radius 3 is 2.93 bits per heavy atom. The van der Waals surface area contributed by atoms with Gasteiger partial charge in [-0.2, -0.15) is 0 Å². The van der Waals surface area contributed by atoms with Crippen LogP contribution in [-0.2, 0) is 16.1 Å². The van der Waals surface area contributed by atoms with E-state index in [1.807, 2.05) is 20.0 Å². The predicted molar refractivity (Wildman–Crippen MR) is 57.4 cm³/mol. The Bertz CT molecular complexity index is 307. The quantitative estimate of drug-likeness (QED) is 0.532. The van der Waals surface area contributed by atoms with E-state index in [9.17, 15) is 4.79 Å². The third-order valence-electron chi connectivity index (χ3n) is 2.26. The van der Waals surface area contributed by atoms with E-state index in [1.165, 1.54) is 0 Å². The molecule has 1 aromatic heterocycles. The van der Waals surface area contributed by atoms with E-state index in [0.29, 0.717) is 13.0 Å². The van der Waals surface area contributed by atoms with E-state index in [4.69, 9.17) is 4.74 Å². The Morgan fingerprint density at radius 2 is 2.33 bits per heavy atom. The van der Waals surface area contributed by atoms with Gasteiger partial charge in [0.05, 0.1) is 6.61 Å². The van der Waals surface area contributed by atoms with Gasteiger partial charge in [-0.25, -0.2) is 4.98 Å². The zero-order chi connectivity index (χ0) is 11.1. The van der Waals surface area contributed by atoms with Crippen molar-refractivity contribution in [2.24, 2.45) is 0 Å². The lowest BCUT2D eigenvalue weighted by atomic mass is 10.2. The summed E-state index contributed by atoms with van der Waals surface area (Å²) in [5.74, 6) is 0.922. The lowest BCUT2D eigenvalue weighted by Crippen LogP contribution is -2.05. The summed E-state index contributed by atoms with van der Waals surface area (Å²) in [6, 6.07) is 0. The van der Waals surface area contributed by atoms with Gasteiger partial charge in [-0.1, -0.05) is 0 Å². The summed E-state index contributed by atoms with van der Waals surface area (Å²) >= 11 is 0. The number of nitrogens with zero attached hydrogens (tertiary/aromatic N) is 2. The Hall–Kier alpha value is -1.32. The fourth-order valence-electron chi connectivity index (χ4n) is 1.42. The monoisotopic (exact) mass is 210 g/mol. The van der Waals surface area contributed by atoms with Gasteiger partial charge in [-0.15, -0.1) is 0 Å². The number of unbranched alkanes of at least 4 members (excludes halogenated alkanes) is 1. The molecule has 84 valence electrons. The molecule has 0 spiro atoms. The second-order valence-electron chi connectivity index (χ2n) is 3.43. The molecule has 4 heteroatoms. The molecular weight excluding hydrogens is 192 g/mol. The summed E-state index contributed by atoms with van der Waals surface area (Å²) in [7, 11) is 0. The van der Waals surface area contributed by atoms with Crippen LogP contribution < -0.4 is 0 Å². The van der Waals surface area contributed by atoms with Crippen LogP contribution in [0.3, 0.4) is 0 Å². The summed E-state index contributed by atoms with van der Waals surface area (Å²) in [5, 5.41) is 0. The molecule has 1 rings (SSSR count). The molecule has 4 nitrogen and oxygen atoms in total. The molecule has 1 aromatic rings. The number of imidazole rings is 1. The number of esters is 1. The van der Waals surface area contributed by atoms with Gasteiger partial charge < -0.3 is 9.30 Å². The van der Waals surface area contributed by atoms with Gasteiger partial charge >= 0.3 is 5.97 Å². The van der Waals surface area contributed by atoms with E-state index in [0.717, 1.165) is 25.2 Å². The maximum atomic E-state index is 11.0. The number of aromatic nitrogens is 2. The summed E-state index contributed by atoms with van der Waals surface area (Å²) < 4.78 is 6.93. The predicted octanol–water partition coefficient (Wildman–Crippen LogP) is 1.92. The first-order chi connectivity index (χ1) is 7.24. The highest BCUT2D eigenvalue weighted by atomic mass is 16.5. The van der Waals surface area contributed by atoms with E-state index in [2.05, 4.69) is 9.55 Å². The average molecular weight is 210 g/mol. The molecular formula is C11H18N2O2. The van der Waals surface area contributed by atoms with Gasteiger partial charge in [0.2, 0.25) is 0 Å². The van der Waals surface area contributed by atoms with Crippen molar-refractivity contribution >= 4 is 5.97 Å². The Labute approximate surface area is 90.3 Å². The molecule has 0 aliphatic carbocycles. The third kappa shape index (κ3) is 4.14. The van der Waals surface area contributed by atoms with Crippen molar-refractivity contribution in [2.75, 3.05) is 6.61 Å². The van der Waals surface area contributed by atoms with E-state index in [-0.39, 0.29) is 5.97 Å². The Balaban J connectivity index is 2.12. The molecule has 15 heavy (non-hydrogen) atoms. The summed E-state index contributed by atoms with van der Waals surface area (Å²) in [5.41, 5.74) is 0. The first kappa shape index (κ1) is 11.8. The van der Waals surface area contributed by atoms with Gasteiger partial charge in [0.1, 0.15) is 5.82 Å². The fraction of sp³-hybridized carbons (Fsp3) is 0.636. The number of hydrogen-bond acceptors (Lipinski definition) is 3. The molecule has 0 amide bonds. The highest BCUT2D eigenvalue weighted by molar-refractivity contribution is 5.69. The average Bonchev–Trinajstić information content (AvgIpc) is 2.60. The minimum atomic E-state index is -0.0974. The highest BCUT2D eigenvalue weighted by Gasteiger charge is 2.01. The van der Waals surface area contributed by atoms with E-state index < -0.39 is 0 Å². The molecule has 0 saturated heterocycles. The van der Waals surface area contributed by atoms with E-state index in [1.54, 1.807) is 6.20 Å². The molecule has 0 radical (unpaired) electrons. The topological polar surface area (TPSA) is 44.1 Å². The van der Waals surface area contributed by atoms with Crippen LogP contribution in [0.15, 0.2) is 12.4 Å². The fourth-order valence-corrected chi connectivity index (χ4v) is 1.42. The molecule has 0 N–H and O–H groups in total. The van der Waals surface area contributed by atoms with Crippen molar-refractivity contribution in [2.45, 2.75) is 39.7 Å². The zero-order valence-electron chi connectivity index (χ0n) is 9.40. The standard InChI is InChI=1S/C11H18N2O2/c1-3-15-11(14)6-4-5-8-13-9-7-12-10(13)2/h7,9H,3-6,8H2,1-2H3. The van der Waals surface area contributed by atoms with Crippen molar-refractivity contribution in [3.05, 3.63) is 18.2 Å². The molecule has 0 unspecified atom stereocenters. The van der Waals surface area contributed by atoms with E-state index >= 15 is 0 Å². The van der Waals surface area contributed by atoms with Gasteiger partial charge in [0.25, 0.3) is 0 Å². The normalized spacial score (nSPS) is 10.3. The number of rotatable bonds is 6. The molecule has 0 aliphatic rings. The first-order valence-electron chi connectivity index (χ1n) is 5.37. The van der Waals surface area contributed by atoms with Crippen LogP contribution in [0.4, 0.5) is 0 Å². The number of hydrogen-bond donors (Lipinski definition) is 0. The van der Waals surface area contributed by atoms with Crippen LogP contribution in [0.25, 0.3) is 0 Å². The zero-order valence-corrected chi connectivity index (χ0v) is 9.40. The van der Waals surface area contributed by atoms with Crippen LogP contribution in [0.1, 0.15) is 32.0 Å². The van der Waals surface area contributed by atoms with Gasteiger partial charge in [-0.3, -0.25) is 4.79 Å². The second-order valence-corrected chi connectivity index (χ2v) is 3.43. The lowest BCUT2D eigenvalue weighted by molar-refractivity contribution is -0.143. The van der Waals surface area contributed by atoms with Crippen LogP contribution in [0, 0.1) is 6.92 Å². The molecule has 1 heterocycles. The van der Waals surface area contributed by atoms with Crippen molar-refractivity contribution in [1.82, 2.24) is 9.55 Å². The number of carbonyl (C=O) groups is 1. The summed E-state index contributed by atoms with van der Waals surface area (Å²) in [6.45, 7) is 5.20. The number of carbonyl (C=O) groups excluding carboxylic acids is 1. The Kier molecular flexibility index (Phi) is 4.87. The van der Waals surface area contributed by atoms with Crippen molar-refractivity contribution in [1.29, 1.82) is 0 Å². The maximum Gasteiger partial charge on any atom is 0.305 e. The largest absolute Gasteiger partial charge is 0.466 e.